The summed E-state index contributed by atoms with van der Waals surface area (Å²) in [6, 6.07) is 5.29. The van der Waals surface area contributed by atoms with E-state index in [1.165, 1.54) is 11.3 Å². The molecule has 5 nitrogen and oxygen atoms in total. The van der Waals surface area contributed by atoms with Gasteiger partial charge in [0.25, 0.3) is 5.91 Å². The van der Waals surface area contributed by atoms with Crippen LogP contribution >= 0.6 is 34.7 Å². The Bertz CT molecular complexity index is 678. The number of nitrogens with one attached hydrogen (secondary N) is 1. The highest BCUT2D eigenvalue weighted by molar-refractivity contribution is 8.01. The molecule has 23 heavy (non-hydrogen) atoms. The molecular formula is C15H18ClN3O2S2. The molecule has 1 N–H and O–H groups in total. The van der Waals surface area contributed by atoms with E-state index >= 15 is 0 Å². The van der Waals surface area contributed by atoms with Crippen LogP contribution in [0.3, 0.4) is 0 Å². The molecule has 0 aliphatic rings. The standard InChI is InChI=1S/C15H18ClN3O2S2/c1-4-7-22-15-19-18-14(23-15)17-13(20)10(3)21-11-5-6-12(16)9(2)8-11/h5-6,8,10H,4,7H2,1-3H3,(H,17,18,20)/t10-/m0/s1. The minimum absolute atomic E-state index is 0.263. The van der Waals surface area contributed by atoms with Gasteiger partial charge in [-0.2, -0.15) is 0 Å². The van der Waals surface area contributed by atoms with Crippen LogP contribution in [-0.2, 0) is 4.79 Å². The summed E-state index contributed by atoms with van der Waals surface area (Å²) in [7, 11) is 0. The fourth-order valence-electron chi connectivity index (χ4n) is 1.66. The van der Waals surface area contributed by atoms with Gasteiger partial charge in [-0.3, -0.25) is 10.1 Å². The van der Waals surface area contributed by atoms with Crippen LogP contribution in [0.15, 0.2) is 22.5 Å². The van der Waals surface area contributed by atoms with Gasteiger partial charge in [-0.1, -0.05) is 41.6 Å². The van der Waals surface area contributed by atoms with E-state index < -0.39 is 6.10 Å². The van der Waals surface area contributed by atoms with Gasteiger partial charge in [-0.15, -0.1) is 10.2 Å². The third-order valence-electron chi connectivity index (χ3n) is 2.88. The van der Waals surface area contributed by atoms with E-state index in [-0.39, 0.29) is 5.91 Å². The number of thioether (sulfide) groups is 1. The maximum absolute atomic E-state index is 12.2. The summed E-state index contributed by atoms with van der Waals surface area (Å²) >= 11 is 8.97. The third-order valence-corrected chi connectivity index (χ3v) is 5.48. The van der Waals surface area contributed by atoms with Crippen LogP contribution in [0.5, 0.6) is 5.75 Å². The van der Waals surface area contributed by atoms with E-state index in [9.17, 15) is 4.79 Å². The maximum atomic E-state index is 12.2. The Morgan fingerprint density at radius 2 is 2.26 bits per heavy atom. The number of aryl methyl sites for hydroxylation is 1. The van der Waals surface area contributed by atoms with Crippen LogP contribution in [0, 0.1) is 6.92 Å². The van der Waals surface area contributed by atoms with Gasteiger partial charge in [0.1, 0.15) is 5.75 Å². The number of carbonyl (C=O) groups is 1. The summed E-state index contributed by atoms with van der Waals surface area (Å²) in [6.45, 7) is 5.68. The Morgan fingerprint density at radius 3 is 2.96 bits per heavy atom. The van der Waals surface area contributed by atoms with Crippen molar-refractivity contribution in [3.8, 4) is 5.75 Å². The molecule has 0 fully saturated rings. The number of aromatic nitrogens is 2. The zero-order valence-electron chi connectivity index (χ0n) is 13.1. The molecule has 1 aromatic heterocycles. The molecule has 0 saturated carbocycles. The Kier molecular flexibility index (Phi) is 6.68. The number of benzene rings is 1. The van der Waals surface area contributed by atoms with Gasteiger partial charge in [0.05, 0.1) is 0 Å². The molecule has 2 rings (SSSR count). The molecule has 1 amide bonds. The zero-order chi connectivity index (χ0) is 16.8. The molecular weight excluding hydrogens is 354 g/mol. The van der Waals surface area contributed by atoms with Crippen molar-refractivity contribution in [2.75, 3.05) is 11.1 Å². The number of carbonyl (C=O) groups excluding carboxylic acids is 1. The molecule has 1 heterocycles. The Labute approximate surface area is 148 Å². The highest BCUT2D eigenvalue weighted by Crippen LogP contribution is 2.26. The van der Waals surface area contributed by atoms with Crippen molar-refractivity contribution >= 4 is 45.7 Å². The number of halogens is 1. The molecule has 0 aliphatic carbocycles. The lowest BCUT2D eigenvalue weighted by Gasteiger charge is -2.14. The van der Waals surface area contributed by atoms with Crippen LogP contribution in [0.1, 0.15) is 25.8 Å². The smallest absolute Gasteiger partial charge is 0.266 e. The molecule has 8 heteroatoms. The number of rotatable bonds is 7. The number of anilines is 1. The van der Waals surface area contributed by atoms with E-state index in [2.05, 4.69) is 22.4 Å². The number of ether oxygens (including phenoxy) is 1. The second-order valence-corrected chi connectivity index (χ2v) is 7.61. The predicted octanol–water partition coefficient (Wildman–Crippen LogP) is 4.41. The average molecular weight is 372 g/mol. The van der Waals surface area contributed by atoms with Crippen molar-refractivity contribution in [3.05, 3.63) is 28.8 Å². The lowest BCUT2D eigenvalue weighted by Crippen LogP contribution is -2.30. The second-order valence-electron chi connectivity index (χ2n) is 4.88. The molecule has 0 spiro atoms. The van der Waals surface area contributed by atoms with E-state index in [4.69, 9.17) is 16.3 Å². The lowest BCUT2D eigenvalue weighted by atomic mass is 10.2. The summed E-state index contributed by atoms with van der Waals surface area (Å²) in [4.78, 5) is 12.2. The van der Waals surface area contributed by atoms with Gasteiger partial charge in [0.15, 0.2) is 10.4 Å². The van der Waals surface area contributed by atoms with E-state index in [1.807, 2.05) is 6.92 Å². The first-order chi connectivity index (χ1) is 11.0. The molecule has 124 valence electrons. The normalized spacial score (nSPS) is 12.0. The van der Waals surface area contributed by atoms with Crippen LogP contribution < -0.4 is 10.1 Å². The molecule has 0 aliphatic heterocycles. The van der Waals surface area contributed by atoms with Crippen molar-refractivity contribution in [2.24, 2.45) is 0 Å². The number of hydrogen-bond donors (Lipinski definition) is 1. The van der Waals surface area contributed by atoms with Crippen LogP contribution in [-0.4, -0.2) is 28.0 Å². The quantitative estimate of drug-likeness (QED) is 0.577. The molecule has 0 radical (unpaired) electrons. The van der Waals surface area contributed by atoms with Gasteiger partial charge in [0, 0.05) is 10.8 Å². The van der Waals surface area contributed by atoms with Gasteiger partial charge in [-0.25, -0.2) is 0 Å². The van der Waals surface area contributed by atoms with Crippen LogP contribution in [0.4, 0.5) is 5.13 Å². The second kappa shape index (κ2) is 8.52. The molecule has 1 aromatic carbocycles. The molecule has 0 saturated heterocycles. The average Bonchev–Trinajstić information content (AvgIpc) is 2.96. The van der Waals surface area contributed by atoms with Gasteiger partial charge in [0.2, 0.25) is 5.13 Å². The minimum atomic E-state index is -0.647. The first-order valence-electron chi connectivity index (χ1n) is 7.19. The van der Waals surface area contributed by atoms with Crippen molar-refractivity contribution in [1.29, 1.82) is 0 Å². The molecule has 1 atom stereocenters. The number of amides is 1. The monoisotopic (exact) mass is 371 g/mol. The Balaban J connectivity index is 1.91. The van der Waals surface area contributed by atoms with Crippen molar-refractivity contribution < 1.29 is 9.53 Å². The fourth-order valence-corrected chi connectivity index (χ4v) is 3.46. The fraction of sp³-hybridized carbons (Fsp3) is 0.400. The molecule has 0 bridgehead atoms. The Morgan fingerprint density at radius 1 is 1.48 bits per heavy atom. The molecule has 2 aromatic rings. The van der Waals surface area contributed by atoms with Gasteiger partial charge in [-0.05, 0) is 44.0 Å². The first-order valence-corrected chi connectivity index (χ1v) is 9.37. The highest BCUT2D eigenvalue weighted by atomic mass is 35.5. The minimum Gasteiger partial charge on any atom is -0.481 e. The SMILES string of the molecule is CCCSc1nnc(NC(=O)[C@H](C)Oc2ccc(Cl)c(C)c2)s1. The van der Waals surface area contributed by atoms with Crippen molar-refractivity contribution in [2.45, 2.75) is 37.6 Å². The Hall–Kier alpha value is -1.31. The van der Waals surface area contributed by atoms with Crippen molar-refractivity contribution in [3.63, 3.8) is 0 Å². The lowest BCUT2D eigenvalue weighted by molar-refractivity contribution is -0.122. The predicted molar refractivity (Wildman–Crippen MR) is 95.8 cm³/mol. The van der Waals surface area contributed by atoms with Crippen LogP contribution in [0.25, 0.3) is 0 Å². The number of nitrogens with zero attached hydrogens (tertiary/aromatic N) is 2. The summed E-state index contributed by atoms with van der Waals surface area (Å²) in [5.41, 5.74) is 0.901. The summed E-state index contributed by atoms with van der Waals surface area (Å²) < 4.78 is 6.49. The van der Waals surface area contributed by atoms with E-state index in [0.717, 1.165) is 22.1 Å². The van der Waals surface area contributed by atoms with Crippen LogP contribution in [0.2, 0.25) is 5.02 Å². The zero-order valence-corrected chi connectivity index (χ0v) is 15.5. The summed E-state index contributed by atoms with van der Waals surface area (Å²) in [5.74, 6) is 1.32. The van der Waals surface area contributed by atoms with Crippen molar-refractivity contribution in [1.82, 2.24) is 10.2 Å². The summed E-state index contributed by atoms with van der Waals surface area (Å²) in [6.07, 6.45) is 0.420. The third kappa shape index (κ3) is 5.37. The van der Waals surface area contributed by atoms with E-state index in [1.54, 1.807) is 36.9 Å². The summed E-state index contributed by atoms with van der Waals surface area (Å²) in [5, 5.41) is 11.9. The van der Waals surface area contributed by atoms with E-state index in [0.29, 0.717) is 15.9 Å². The first kappa shape index (κ1) is 18.0. The maximum Gasteiger partial charge on any atom is 0.266 e. The highest BCUT2D eigenvalue weighted by Gasteiger charge is 2.17. The van der Waals surface area contributed by atoms with Gasteiger partial charge < -0.3 is 4.74 Å². The topological polar surface area (TPSA) is 64.1 Å². The largest absolute Gasteiger partial charge is 0.481 e. The van der Waals surface area contributed by atoms with Gasteiger partial charge >= 0.3 is 0 Å². The molecule has 0 unspecified atom stereocenters. The number of hydrogen-bond acceptors (Lipinski definition) is 6.